The molecule has 6 aliphatic rings. The van der Waals surface area contributed by atoms with Crippen LogP contribution in [0.1, 0.15) is 96.8 Å². The maximum absolute atomic E-state index is 13.9. The number of ether oxygens (including phenoxy) is 14. The number of allylic oxidation sites excluding steroid dienone is 2. The van der Waals surface area contributed by atoms with Gasteiger partial charge in [-0.05, 0) is 56.9 Å². The molecule has 15 N–H and O–H groups in total. The van der Waals surface area contributed by atoms with Crippen LogP contribution in [0.3, 0.4) is 0 Å². The van der Waals surface area contributed by atoms with E-state index in [0.717, 1.165) is 46.5 Å². The van der Waals surface area contributed by atoms with Gasteiger partial charge in [0.1, 0.15) is 115 Å². The van der Waals surface area contributed by atoms with Gasteiger partial charge in [0.25, 0.3) is 12.2 Å². The number of amides is 5. The van der Waals surface area contributed by atoms with Gasteiger partial charge in [-0.2, -0.15) is 0 Å². The maximum Gasteiger partial charge on any atom is 0.260 e. The molecule has 1 aromatic carbocycles. The largest absolute Gasteiger partial charge is 0.494 e. The summed E-state index contributed by atoms with van der Waals surface area (Å²) < 4.78 is 83.7. The minimum absolute atomic E-state index is 0.0623. The molecule has 5 saturated heterocycles. The highest BCUT2D eigenvalue weighted by Gasteiger charge is 2.57. The van der Waals surface area contributed by atoms with Gasteiger partial charge < -0.3 is 144 Å². The maximum atomic E-state index is 13.9. The molecule has 6 heterocycles. The first-order valence-corrected chi connectivity index (χ1v) is 32.3. The predicted molar refractivity (Wildman–Crippen MR) is 325 cm³/mol. The summed E-state index contributed by atoms with van der Waals surface area (Å²) in [6, 6.07) is -0.503. The molecule has 544 valence electrons. The Hall–Kier alpha value is -5.23. The van der Waals surface area contributed by atoms with Crippen LogP contribution in [-0.2, 0) is 80.8 Å². The molecule has 18 unspecified atom stereocenters. The minimum atomic E-state index is -2.01. The van der Waals surface area contributed by atoms with E-state index < -0.39 is 216 Å². The summed E-state index contributed by atoms with van der Waals surface area (Å²) >= 11 is 0. The number of carbonyl (C=O) groups is 5. The summed E-state index contributed by atoms with van der Waals surface area (Å²) in [5.41, 5.74) is 0.0623. The monoisotopic (exact) mass is 1380 g/mol. The van der Waals surface area contributed by atoms with Gasteiger partial charge in [-0.3, -0.25) is 24.0 Å². The second kappa shape index (κ2) is 37.8. The van der Waals surface area contributed by atoms with Crippen molar-refractivity contribution < 1.29 is 141 Å². The summed E-state index contributed by atoms with van der Waals surface area (Å²) in [6.07, 6.45) is -22.0. The Bertz CT molecular complexity index is 2690. The number of hydrogen-bond acceptors (Lipinski definition) is 29. The van der Waals surface area contributed by atoms with Gasteiger partial charge in [-0.25, -0.2) is 0 Å². The van der Waals surface area contributed by atoms with Crippen molar-refractivity contribution in [1.29, 1.82) is 0 Å². The van der Waals surface area contributed by atoms with Gasteiger partial charge in [-0.15, -0.1) is 0 Å². The molecular weight excluding hydrogens is 1280 g/mol. The fraction of sp³-hybridized carbons (Fsp3) is 0.758. The third kappa shape index (κ3) is 21.4. The van der Waals surface area contributed by atoms with E-state index in [1.54, 1.807) is 18.2 Å². The van der Waals surface area contributed by atoms with Crippen LogP contribution < -0.4 is 31.3 Å². The Morgan fingerprint density at radius 1 is 0.604 bits per heavy atom. The molecule has 5 amide bonds. The van der Waals surface area contributed by atoms with Crippen molar-refractivity contribution >= 4 is 29.5 Å². The number of carbonyl (C=O) groups excluding carboxylic acids is 5. The Morgan fingerprint density at radius 2 is 1.11 bits per heavy atom. The first-order valence-electron chi connectivity index (χ1n) is 32.3. The average molecular weight is 1380 g/mol. The van der Waals surface area contributed by atoms with Crippen LogP contribution in [-0.4, -0.2) is 294 Å². The highest BCUT2D eigenvalue weighted by atomic mass is 16.8. The Kier molecular flexibility index (Phi) is 30.8. The number of benzene rings is 1. The number of aliphatic hydroxyl groups excluding tert-OH is 10. The predicted octanol–water partition coefficient (Wildman–Crippen LogP) is -4.31. The fourth-order valence-electron chi connectivity index (χ4n) is 11.6. The zero-order chi connectivity index (χ0) is 69.9. The van der Waals surface area contributed by atoms with Crippen LogP contribution >= 0.6 is 0 Å². The smallest absolute Gasteiger partial charge is 0.260 e. The minimum Gasteiger partial charge on any atom is -0.494 e. The van der Waals surface area contributed by atoms with Gasteiger partial charge in [-0.1, -0.05) is 44.4 Å². The zero-order valence-electron chi connectivity index (χ0n) is 54.7. The van der Waals surface area contributed by atoms with Crippen molar-refractivity contribution in [2.24, 2.45) is 0 Å². The van der Waals surface area contributed by atoms with E-state index in [1.807, 2.05) is 0 Å². The lowest BCUT2D eigenvalue weighted by molar-refractivity contribution is -0.364. The molecule has 0 aromatic heterocycles. The highest BCUT2D eigenvalue weighted by Crippen LogP contribution is 2.38. The van der Waals surface area contributed by atoms with Crippen LogP contribution in [0.15, 0.2) is 48.3 Å². The van der Waals surface area contributed by atoms with Crippen LogP contribution in [0.25, 0.3) is 0 Å². The van der Waals surface area contributed by atoms with Crippen molar-refractivity contribution in [2.75, 3.05) is 53.3 Å². The fourth-order valence-corrected chi connectivity index (χ4v) is 11.6. The molecule has 7 rings (SSSR count). The standard InChI is InChI=1S/C62H97N5O29/c1-8-9-10-11-12-13-14-15-16-20-84-35-19-17-18-34(21-35)56(82)67-44-49(78)48(77)38(24-68)89-60(44)93-54-40(26-70)91-62(46(51(54)80)65-32(5)74)95-55-41(27-71)92-61(47(52(55)81)66-33(6)75)94-53-39(25-69)90-59(45(50(53)79)64-31(4)73)86-29(2)42(87-43(76)23-63-30(3)72)28-85-57-36(83-7)22-37-58(88-37)96-57/h13-14,17-19,21-22,29,36,38-55,57-62,68-71,76-81H,8-12,15-16,20,23-28H2,1-7H3,(H,63,72)(H,64,73)(H,65,74)(H,66,75)(H,67,82)/b14-13-/t29?,36?,38?,39?,40?,41?,42?,43-,44?,45?,46?,47+,48-,49?,50?,51?,52-,53-,54-,55?,57-,58?,59?,60?,61+,62?/m1/s1. The average Bonchev–Trinajstić information content (AvgIpc) is 0.833. The lowest BCUT2D eigenvalue weighted by Crippen LogP contribution is -2.72. The lowest BCUT2D eigenvalue weighted by Gasteiger charge is -2.51. The summed E-state index contributed by atoms with van der Waals surface area (Å²) in [7, 11) is 1.41. The van der Waals surface area contributed by atoms with Crippen molar-refractivity contribution in [3.63, 3.8) is 0 Å². The number of nitrogens with one attached hydrogen (secondary N) is 5. The SMILES string of the molecule is CCCCCC/C=C\CCCOc1cccc(C(=O)NC2C(O[C@@H]3C(CO)OC(OC4C(CO)O[C@@H](O[C@@H]5C(CO)OC(OC(C)C(CO[C@@H]6OC7OC7=CC6OC)O[C@@H](O)CNC(C)=O)C(NC(C)=O)C5O)[C@@H](NC(C)=O)[C@H]4O)C(NC(C)=O)C3O)OC(CO)[C@@H](O)C2O)c1. The van der Waals surface area contributed by atoms with E-state index in [2.05, 4.69) is 45.7 Å². The molecule has 0 radical (unpaired) electrons. The number of aliphatic hydroxyl groups is 10. The summed E-state index contributed by atoms with van der Waals surface area (Å²) in [5, 5.41) is 125. The highest BCUT2D eigenvalue weighted by molar-refractivity contribution is 5.94. The molecule has 34 heteroatoms. The van der Waals surface area contributed by atoms with E-state index in [0.29, 0.717) is 24.5 Å². The third-order valence-corrected chi connectivity index (χ3v) is 16.7. The molecule has 0 saturated carbocycles. The molecule has 1 aromatic rings. The summed E-state index contributed by atoms with van der Waals surface area (Å²) in [4.78, 5) is 64.3. The molecule has 96 heavy (non-hydrogen) atoms. The van der Waals surface area contributed by atoms with E-state index in [9.17, 15) is 75.0 Å². The number of fused-ring (bicyclic) bond motifs is 1. The van der Waals surface area contributed by atoms with Gasteiger partial charge in [0.15, 0.2) is 43.5 Å². The van der Waals surface area contributed by atoms with Crippen molar-refractivity contribution in [2.45, 2.75) is 246 Å². The van der Waals surface area contributed by atoms with Gasteiger partial charge >= 0.3 is 0 Å². The lowest BCUT2D eigenvalue weighted by atomic mass is 9.93. The normalized spacial score (nSPS) is 35.3. The van der Waals surface area contributed by atoms with Gasteiger partial charge in [0.2, 0.25) is 23.6 Å². The zero-order valence-corrected chi connectivity index (χ0v) is 54.7. The summed E-state index contributed by atoms with van der Waals surface area (Å²) in [5.74, 6) is -2.68. The van der Waals surface area contributed by atoms with Crippen LogP contribution in [0, 0.1) is 0 Å². The first kappa shape index (κ1) is 78.1. The molecule has 0 aliphatic carbocycles. The third-order valence-electron chi connectivity index (χ3n) is 16.7. The Balaban J connectivity index is 1.05. The Morgan fingerprint density at radius 3 is 1.62 bits per heavy atom. The second-order valence-electron chi connectivity index (χ2n) is 24.1. The van der Waals surface area contributed by atoms with Gasteiger partial charge in [0, 0.05) is 40.4 Å². The van der Waals surface area contributed by atoms with Crippen molar-refractivity contribution in [1.82, 2.24) is 26.6 Å². The number of epoxide rings is 1. The molecule has 34 nitrogen and oxygen atoms in total. The van der Waals surface area contributed by atoms with Crippen LogP contribution in [0.2, 0.25) is 0 Å². The molecule has 0 spiro atoms. The van der Waals surface area contributed by atoms with E-state index in [-0.39, 0.29) is 18.7 Å². The number of hydrogen-bond donors (Lipinski definition) is 15. The molecule has 0 bridgehead atoms. The van der Waals surface area contributed by atoms with Crippen LogP contribution in [0.4, 0.5) is 0 Å². The van der Waals surface area contributed by atoms with Crippen molar-refractivity contribution in [3.05, 3.63) is 53.8 Å². The topological polar surface area (TPSA) is 480 Å². The number of rotatable bonds is 36. The second-order valence-corrected chi connectivity index (χ2v) is 24.1. The van der Waals surface area contributed by atoms with Crippen LogP contribution in [0.5, 0.6) is 5.75 Å². The molecular formula is C62H97N5O29. The van der Waals surface area contributed by atoms with E-state index in [4.69, 9.17) is 66.3 Å². The summed E-state index contributed by atoms with van der Waals surface area (Å²) in [6.45, 7) is 3.93. The quantitative estimate of drug-likeness (QED) is 0.0131. The first-order chi connectivity index (χ1) is 45.9. The van der Waals surface area contributed by atoms with E-state index >= 15 is 0 Å². The van der Waals surface area contributed by atoms with Gasteiger partial charge in [0.05, 0.1) is 52.3 Å². The number of unbranched alkanes of at least 4 members (excludes halogenated alkanes) is 5. The number of methoxy groups -OCH3 is 1. The molecule has 26 atom stereocenters. The Labute approximate surface area is 555 Å². The van der Waals surface area contributed by atoms with E-state index in [1.165, 1.54) is 45.9 Å². The molecule has 6 aliphatic heterocycles. The molecule has 5 fully saturated rings. The van der Waals surface area contributed by atoms with Crippen molar-refractivity contribution in [3.8, 4) is 5.75 Å².